The standard InChI is InChI=1S/C25H20N4O12S2.2K/c30-22-18(20(24(32)33)26-28(22)14-6-10-16(11-7-14)42(36,37)38)4-2-1-3-5-19-21(25(34)35)27-29(23(19)31)15-8-12-17(13-9-15)43(39,40)41;;/h1-13,18,22,30H,(H,32,33)(H,34,35)(H,36,37,38)(H,39,40,41);;/q;2*+1/b3-1+,4-2+,19-5-;;. The Morgan fingerprint density at radius 1 is 0.756 bits per heavy atom. The van der Waals surface area contributed by atoms with Crippen LogP contribution in [-0.4, -0.2) is 76.8 Å². The number of aliphatic carboxylic acids is 2. The van der Waals surface area contributed by atoms with Gasteiger partial charge in [0.2, 0.25) is 0 Å². The van der Waals surface area contributed by atoms with E-state index < -0.39 is 71.4 Å². The molecule has 0 bridgehead atoms. The van der Waals surface area contributed by atoms with Crippen molar-refractivity contribution in [1.82, 2.24) is 0 Å². The Labute approximate surface area is 340 Å². The molecule has 2 aromatic carbocycles. The predicted molar refractivity (Wildman–Crippen MR) is 148 cm³/mol. The Bertz CT molecular complexity index is 1870. The van der Waals surface area contributed by atoms with Gasteiger partial charge in [0, 0.05) is 0 Å². The smallest absolute Gasteiger partial charge is 0.477 e. The molecular weight excluding hydrogens is 691 g/mol. The number of carboxylic acid groups (broad SMARTS) is 2. The van der Waals surface area contributed by atoms with E-state index in [4.69, 9.17) is 9.11 Å². The normalized spacial score (nSPS) is 19.4. The van der Waals surface area contributed by atoms with E-state index in [1.165, 1.54) is 36.4 Å². The van der Waals surface area contributed by atoms with Crippen LogP contribution in [0.1, 0.15) is 0 Å². The molecule has 0 saturated carbocycles. The van der Waals surface area contributed by atoms with E-state index in [9.17, 15) is 46.5 Å². The zero-order valence-electron chi connectivity index (χ0n) is 23.4. The van der Waals surface area contributed by atoms with Crippen LogP contribution in [0.15, 0.2) is 104 Å². The molecule has 5 N–H and O–H groups in total. The zero-order chi connectivity index (χ0) is 31.7. The predicted octanol–water partition coefficient (Wildman–Crippen LogP) is -5.09. The molecule has 20 heteroatoms. The number of benzene rings is 2. The average Bonchev–Trinajstić information content (AvgIpc) is 3.44. The third-order valence-corrected chi connectivity index (χ3v) is 7.72. The number of amides is 1. The molecule has 45 heavy (non-hydrogen) atoms. The summed E-state index contributed by atoms with van der Waals surface area (Å²) in [5.41, 5.74) is -1.23. The number of hydrazone groups is 2. The van der Waals surface area contributed by atoms with Gasteiger partial charge in [0.25, 0.3) is 26.1 Å². The summed E-state index contributed by atoms with van der Waals surface area (Å²) >= 11 is 0. The van der Waals surface area contributed by atoms with E-state index in [1.807, 2.05) is 0 Å². The summed E-state index contributed by atoms with van der Waals surface area (Å²) in [7, 11) is -8.98. The van der Waals surface area contributed by atoms with E-state index in [0.717, 1.165) is 52.5 Å². The minimum Gasteiger partial charge on any atom is -0.477 e. The Morgan fingerprint density at radius 2 is 1.27 bits per heavy atom. The van der Waals surface area contributed by atoms with Gasteiger partial charge in [0.15, 0.2) is 17.7 Å². The molecule has 2 atom stereocenters. The van der Waals surface area contributed by atoms with Crippen molar-refractivity contribution in [2.45, 2.75) is 16.0 Å². The summed E-state index contributed by atoms with van der Waals surface area (Å²) in [6.45, 7) is 0. The number of anilines is 2. The van der Waals surface area contributed by atoms with Crippen LogP contribution >= 0.6 is 0 Å². The second-order valence-corrected chi connectivity index (χ2v) is 11.6. The van der Waals surface area contributed by atoms with E-state index in [0.29, 0.717) is 0 Å². The molecule has 2 aliphatic rings. The van der Waals surface area contributed by atoms with E-state index in [1.54, 1.807) is 0 Å². The molecule has 0 spiro atoms. The summed E-state index contributed by atoms with van der Waals surface area (Å²) in [6.07, 6.45) is 4.79. The van der Waals surface area contributed by atoms with Gasteiger partial charge >= 0.3 is 115 Å². The van der Waals surface area contributed by atoms with Gasteiger partial charge in [-0.25, -0.2) is 14.6 Å². The number of aliphatic hydroxyl groups excluding tert-OH is 1. The topological polar surface area (TPSA) is 252 Å². The Morgan fingerprint density at radius 3 is 1.73 bits per heavy atom. The monoisotopic (exact) mass is 710 g/mol. The molecule has 4 rings (SSSR count). The molecule has 16 nitrogen and oxygen atoms in total. The molecule has 2 unspecified atom stereocenters. The number of aliphatic hydroxyl groups is 1. The minimum absolute atomic E-state index is 0. The van der Waals surface area contributed by atoms with Gasteiger partial charge < -0.3 is 15.3 Å². The van der Waals surface area contributed by atoms with Crippen LogP contribution in [0.3, 0.4) is 0 Å². The average molecular weight is 711 g/mol. The first-order chi connectivity index (χ1) is 20.1. The molecule has 0 fully saturated rings. The fourth-order valence-electron chi connectivity index (χ4n) is 3.95. The third-order valence-electron chi connectivity index (χ3n) is 5.98. The van der Waals surface area contributed by atoms with Crippen LogP contribution in [0.2, 0.25) is 0 Å². The molecule has 0 radical (unpaired) electrons. The summed E-state index contributed by atoms with van der Waals surface area (Å²) in [5, 5.41) is 39.1. The van der Waals surface area contributed by atoms with Crippen molar-refractivity contribution in [2.75, 3.05) is 10.0 Å². The number of allylic oxidation sites excluding steroid dienone is 4. The quantitative estimate of drug-likeness (QED) is 0.0708. The Hall–Kier alpha value is -1.74. The largest absolute Gasteiger partial charge is 1.00 e. The first kappa shape index (κ1) is 39.4. The van der Waals surface area contributed by atoms with E-state index in [2.05, 4.69) is 10.2 Å². The van der Waals surface area contributed by atoms with Crippen molar-refractivity contribution in [3.8, 4) is 0 Å². The summed E-state index contributed by atoms with van der Waals surface area (Å²) in [6, 6.07) is 8.80. The van der Waals surface area contributed by atoms with Crippen LogP contribution in [0, 0.1) is 5.92 Å². The number of carbonyl (C=O) groups excluding carboxylic acids is 1. The van der Waals surface area contributed by atoms with Crippen molar-refractivity contribution in [2.24, 2.45) is 16.1 Å². The number of carboxylic acids is 2. The second kappa shape index (κ2) is 15.9. The third kappa shape index (κ3) is 9.21. The van der Waals surface area contributed by atoms with Crippen molar-refractivity contribution < 1.29 is 158 Å². The van der Waals surface area contributed by atoms with Crippen molar-refractivity contribution in [3.05, 3.63) is 84.5 Å². The van der Waals surface area contributed by atoms with Crippen LogP contribution in [0.4, 0.5) is 11.4 Å². The summed E-state index contributed by atoms with van der Waals surface area (Å²) in [4.78, 5) is 35.4. The van der Waals surface area contributed by atoms with Gasteiger partial charge in [0.05, 0.1) is 32.7 Å². The van der Waals surface area contributed by atoms with Gasteiger partial charge in [-0.05, 0) is 54.6 Å². The van der Waals surface area contributed by atoms with Gasteiger partial charge in [-0.15, -0.1) is 0 Å². The van der Waals surface area contributed by atoms with Crippen LogP contribution in [0.5, 0.6) is 0 Å². The molecule has 0 saturated heterocycles. The molecule has 2 aliphatic heterocycles. The molecule has 2 heterocycles. The molecule has 0 aliphatic carbocycles. The van der Waals surface area contributed by atoms with Crippen molar-refractivity contribution in [1.29, 1.82) is 0 Å². The number of rotatable bonds is 9. The van der Waals surface area contributed by atoms with E-state index in [-0.39, 0.29) is 120 Å². The Kier molecular flexibility index (Phi) is 13.9. The fourth-order valence-corrected chi connectivity index (χ4v) is 4.91. The first-order valence-electron chi connectivity index (χ1n) is 11.8. The molecule has 224 valence electrons. The Balaban J connectivity index is 0.00000353. The maximum Gasteiger partial charge on any atom is 1.00 e. The van der Waals surface area contributed by atoms with Gasteiger partial charge in [-0.3, -0.25) is 13.9 Å². The molecule has 2 aromatic rings. The fraction of sp³-hybridized carbons (Fsp3) is 0.0800. The van der Waals surface area contributed by atoms with Crippen molar-refractivity contribution in [3.63, 3.8) is 0 Å². The van der Waals surface area contributed by atoms with Gasteiger partial charge in [-0.1, -0.05) is 24.3 Å². The molecule has 1 amide bonds. The molecular formula is C25H20K2N4O12S2+2. The SMILES string of the molecule is O=C(O)C1=NN(c2ccc(S(=O)(=O)O)cc2)C(=O)\C1=C/C=C/C=C/C1C(C(=O)O)=NN(c2ccc(S(=O)(=O)O)cc2)C1O.[K+].[K+]. The number of hydrogen-bond acceptors (Lipinski definition) is 11. The van der Waals surface area contributed by atoms with Crippen LogP contribution < -0.4 is 113 Å². The van der Waals surface area contributed by atoms with E-state index >= 15 is 0 Å². The van der Waals surface area contributed by atoms with Crippen molar-refractivity contribution >= 4 is 60.9 Å². The summed E-state index contributed by atoms with van der Waals surface area (Å²) in [5.74, 6) is -4.99. The maximum absolute atomic E-state index is 12.9. The second-order valence-electron chi connectivity index (χ2n) is 8.73. The van der Waals surface area contributed by atoms with Crippen LogP contribution in [0.25, 0.3) is 0 Å². The molecule has 0 aromatic heterocycles. The van der Waals surface area contributed by atoms with Gasteiger partial charge in [-0.2, -0.15) is 32.0 Å². The maximum atomic E-state index is 12.9. The van der Waals surface area contributed by atoms with Crippen LogP contribution in [-0.2, 0) is 34.6 Å². The summed E-state index contributed by atoms with van der Waals surface area (Å²) < 4.78 is 63.2. The first-order valence-corrected chi connectivity index (χ1v) is 14.6. The van der Waals surface area contributed by atoms with Gasteiger partial charge in [0.1, 0.15) is 0 Å². The minimum atomic E-state index is -4.50. The number of carbonyl (C=O) groups is 3. The zero-order valence-corrected chi connectivity index (χ0v) is 31.2. The number of hydrogen-bond donors (Lipinski definition) is 5. The number of nitrogens with zero attached hydrogens (tertiary/aromatic N) is 4.